The second-order valence-electron chi connectivity index (χ2n) is 3.72. The van der Waals surface area contributed by atoms with Crippen LogP contribution in [0.3, 0.4) is 0 Å². The van der Waals surface area contributed by atoms with Crippen molar-refractivity contribution in [2.45, 2.75) is 31.7 Å². The predicted octanol–water partition coefficient (Wildman–Crippen LogP) is 0.692. The van der Waals surface area contributed by atoms with E-state index >= 15 is 0 Å². The molecule has 1 saturated carbocycles. The maximum absolute atomic E-state index is 11.3. The maximum Gasteiger partial charge on any atom is 0.323 e. The van der Waals surface area contributed by atoms with E-state index in [9.17, 15) is 4.79 Å². The predicted molar refractivity (Wildman–Crippen MR) is 44.7 cm³/mol. The topological polar surface area (TPSA) is 38.3 Å². The fourth-order valence-electron chi connectivity index (χ4n) is 1.47. The zero-order valence-corrected chi connectivity index (χ0v) is 7.21. The number of ether oxygens (including phenoxy) is 1. The Bertz CT molecular complexity index is 171. The lowest BCUT2D eigenvalue weighted by Gasteiger charge is -2.09. The highest BCUT2D eigenvalue weighted by molar-refractivity contribution is 5.76. The quantitative estimate of drug-likeness (QED) is 0.632. The molecule has 3 heteroatoms. The van der Waals surface area contributed by atoms with E-state index in [1.807, 2.05) is 0 Å². The maximum atomic E-state index is 11.3. The molecule has 2 aliphatic rings. The van der Waals surface area contributed by atoms with Crippen LogP contribution in [-0.4, -0.2) is 25.2 Å². The fourth-order valence-corrected chi connectivity index (χ4v) is 1.47. The molecule has 1 saturated heterocycles. The van der Waals surface area contributed by atoms with Crippen LogP contribution in [0.4, 0.5) is 0 Å². The zero-order valence-electron chi connectivity index (χ0n) is 7.21. The summed E-state index contributed by atoms with van der Waals surface area (Å²) in [7, 11) is 0. The van der Waals surface area contributed by atoms with Gasteiger partial charge in [0.15, 0.2) is 0 Å². The Labute approximate surface area is 72.5 Å². The van der Waals surface area contributed by atoms with Gasteiger partial charge in [0.05, 0.1) is 6.61 Å². The van der Waals surface area contributed by atoms with Crippen LogP contribution in [-0.2, 0) is 9.53 Å². The smallest absolute Gasteiger partial charge is 0.323 e. The standard InChI is InChI=1S/C9H15NO2/c11-9(8-2-1-5-10-8)12-6-7-3-4-7/h7-8,10H,1-6H2/t8-/m0/s1. The van der Waals surface area contributed by atoms with E-state index in [1.165, 1.54) is 12.8 Å². The van der Waals surface area contributed by atoms with Crippen LogP contribution < -0.4 is 5.32 Å². The van der Waals surface area contributed by atoms with Gasteiger partial charge in [0.1, 0.15) is 6.04 Å². The van der Waals surface area contributed by atoms with Gasteiger partial charge in [0.25, 0.3) is 0 Å². The van der Waals surface area contributed by atoms with Crippen LogP contribution in [0.15, 0.2) is 0 Å². The van der Waals surface area contributed by atoms with Crippen LogP contribution >= 0.6 is 0 Å². The first-order chi connectivity index (χ1) is 5.86. The molecule has 1 N–H and O–H groups in total. The van der Waals surface area contributed by atoms with Crippen molar-refractivity contribution < 1.29 is 9.53 Å². The largest absolute Gasteiger partial charge is 0.464 e. The van der Waals surface area contributed by atoms with E-state index < -0.39 is 0 Å². The molecule has 2 fully saturated rings. The number of hydrogen-bond acceptors (Lipinski definition) is 3. The van der Waals surface area contributed by atoms with Gasteiger partial charge >= 0.3 is 5.97 Å². The molecule has 3 nitrogen and oxygen atoms in total. The minimum absolute atomic E-state index is 0.0104. The highest BCUT2D eigenvalue weighted by Gasteiger charge is 2.27. The summed E-state index contributed by atoms with van der Waals surface area (Å²) in [5.41, 5.74) is 0. The van der Waals surface area contributed by atoms with Crippen molar-refractivity contribution in [2.75, 3.05) is 13.2 Å². The third kappa shape index (κ3) is 1.97. The number of carbonyl (C=O) groups is 1. The molecule has 0 bridgehead atoms. The molecule has 0 amide bonds. The van der Waals surface area contributed by atoms with Gasteiger partial charge < -0.3 is 10.1 Å². The summed E-state index contributed by atoms with van der Waals surface area (Å²) in [5, 5.41) is 3.13. The molecule has 68 valence electrons. The van der Waals surface area contributed by atoms with Crippen molar-refractivity contribution >= 4 is 5.97 Å². The van der Waals surface area contributed by atoms with Gasteiger partial charge in [-0.3, -0.25) is 4.79 Å². The lowest BCUT2D eigenvalue weighted by atomic mass is 10.2. The van der Waals surface area contributed by atoms with Crippen LogP contribution in [0, 0.1) is 5.92 Å². The van der Waals surface area contributed by atoms with Gasteiger partial charge in [0, 0.05) is 0 Å². The van der Waals surface area contributed by atoms with Crippen molar-refractivity contribution in [1.29, 1.82) is 0 Å². The molecule has 1 aliphatic heterocycles. The first-order valence-corrected chi connectivity index (χ1v) is 4.76. The number of hydrogen-bond donors (Lipinski definition) is 1. The van der Waals surface area contributed by atoms with Gasteiger partial charge in [-0.05, 0) is 38.1 Å². The van der Waals surface area contributed by atoms with Gasteiger partial charge in [-0.15, -0.1) is 0 Å². The van der Waals surface area contributed by atoms with Gasteiger partial charge in [-0.1, -0.05) is 0 Å². The Balaban J connectivity index is 1.67. The molecule has 0 aromatic heterocycles. The molecule has 1 atom stereocenters. The third-order valence-corrected chi connectivity index (χ3v) is 2.50. The van der Waals surface area contributed by atoms with E-state index in [1.54, 1.807) is 0 Å². The minimum Gasteiger partial charge on any atom is -0.464 e. The van der Waals surface area contributed by atoms with Gasteiger partial charge in [0.2, 0.25) is 0 Å². The van der Waals surface area contributed by atoms with Crippen molar-refractivity contribution in [1.82, 2.24) is 5.32 Å². The molecule has 0 aromatic rings. The first-order valence-electron chi connectivity index (χ1n) is 4.76. The average molecular weight is 169 g/mol. The average Bonchev–Trinajstić information content (AvgIpc) is 2.74. The molecule has 0 spiro atoms. The summed E-state index contributed by atoms with van der Waals surface area (Å²) < 4.78 is 5.15. The van der Waals surface area contributed by atoms with E-state index in [0.717, 1.165) is 19.4 Å². The number of esters is 1. The highest BCUT2D eigenvalue weighted by Crippen LogP contribution is 2.29. The molecule has 12 heavy (non-hydrogen) atoms. The summed E-state index contributed by atoms with van der Waals surface area (Å²) in [5.74, 6) is 0.634. The zero-order chi connectivity index (χ0) is 8.39. The summed E-state index contributed by atoms with van der Waals surface area (Å²) in [6.07, 6.45) is 4.53. The van der Waals surface area contributed by atoms with Crippen LogP contribution in [0.25, 0.3) is 0 Å². The van der Waals surface area contributed by atoms with Crippen molar-refractivity contribution in [2.24, 2.45) is 5.92 Å². The number of rotatable bonds is 3. The lowest BCUT2D eigenvalue weighted by Crippen LogP contribution is -2.32. The third-order valence-electron chi connectivity index (χ3n) is 2.50. The summed E-state index contributed by atoms with van der Waals surface area (Å²) in [4.78, 5) is 11.3. The lowest BCUT2D eigenvalue weighted by molar-refractivity contribution is -0.146. The SMILES string of the molecule is O=C(OCC1CC1)[C@@H]1CCCN1. The van der Waals surface area contributed by atoms with Crippen LogP contribution in [0.5, 0.6) is 0 Å². The molecule has 0 radical (unpaired) electrons. The highest BCUT2D eigenvalue weighted by atomic mass is 16.5. The van der Waals surface area contributed by atoms with Crippen molar-refractivity contribution in [3.8, 4) is 0 Å². The van der Waals surface area contributed by atoms with E-state index in [0.29, 0.717) is 12.5 Å². The van der Waals surface area contributed by atoms with Crippen molar-refractivity contribution in [3.63, 3.8) is 0 Å². The number of nitrogens with one attached hydrogen (secondary N) is 1. The molecule has 0 unspecified atom stereocenters. The van der Waals surface area contributed by atoms with Crippen LogP contribution in [0.1, 0.15) is 25.7 Å². The fraction of sp³-hybridized carbons (Fsp3) is 0.889. The van der Waals surface area contributed by atoms with Crippen LogP contribution in [0.2, 0.25) is 0 Å². The summed E-state index contributed by atoms with van der Waals surface area (Å²) in [6.45, 7) is 1.61. The molecule has 0 aromatic carbocycles. The molecule has 1 aliphatic carbocycles. The van der Waals surface area contributed by atoms with E-state index in [2.05, 4.69) is 5.32 Å². The Morgan fingerprint density at radius 1 is 1.42 bits per heavy atom. The monoisotopic (exact) mass is 169 g/mol. The van der Waals surface area contributed by atoms with E-state index in [-0.39, 0.29) is 12.0 Å². The second kappa shape index (κ2) is 3.44. The Morgan fingerprint density at radius 3 is 2.83 bits per heavy atom. The summed E-state index contributed by atoms with van der Waals surface area (Å²) in [6, 6.07) is -0.0104. The first kappa shape index (κ1) is 8.05. The van der Waals surface area contributed by atoms with E-state index in [4.69, 9.17) is 4.74 Å². The Morgan fingerprint density at radius 2 is 2.25 bits per heavy atom. The molecular weight excluding hydrogens is 154 g/mol. The number of carbonyl (C=O) groups excluding carboxylic acids is 1. The minimum atomic E-state index is -0.0422. The Hall–Kier alpha value is -0.570. The summed E-state index contributed by atoms with van der Waals surface area (Å²) >= 11 is 0. The van der Waals surface area contributed by atoms with Gasteiger partial charge in [-0.2, -0.15) is 0 Å². The molecular formula is C9H15NO2. The van der Waals surface area contributed by atoms with Crippen molar-refractivity contribution in [3.05, 3.63) is 0 Å². The second-order valence-corrected chi connectivity index (χ2v) is 3.72. The normalized spacial score (nSPS) is 28.8. The van der Waals surface area contributed by atoms with Gasteiger partial charge in [-0.25, -0.2) is 0 Å². The molecule has 1 heterocycles. The molecule has 2 rings (SSSR count). The Kier molecular flexibility index (Phi) is 2.30.